The van der Waals surface area contributed by atoms with Gasteiger partial charge in [-0.25, -0.2) is 0 Å². The Morgan fingerprint density at radius 3 is 3.18 bits per heavy atom. The summed E-state index contributed by atoms with van der Waals surface area (Å²) in [5.41, 5.74) is 2.20. The van der Waals surface area contributed by atoms with E-state index in [0.717, 1.165) is 36.2 Å². The van der Waals surface area contributed by atoms with Crippen LogP contribution in [0.1, 0.15) is 11.7 Å². The normalized spacial score (nSPS) is 20.9. The van der Waals surface area contributed by atoms with Crippen molar-refractivity contribution in [3.8, 4) is 0 Å². The molecule has 0 bridgehead atoms. The van der Waals surface area contributed by atoms with E-state index in [4.69, 9.17) is 16.3 Å². The lowest BCUT2D eigenvalue weighted by atomic mass is 10.1. The van der Waals surface area contributed by atoms with E-state index in [9.17, 15) is 0 Å². The summed E-state index contributed by atoms with van der Waals surface area (Å²) >= 11 is 6.10. The number of hydrogen-bond donors (Lipinski definition) is 1. The van der Waals surface area contributed by atoms with Crippen LogP contribution in [0.2, 0.25) is 5.15 Å². The summed E-state index contributed by atoms with van der Waals surface area (Å²) in [6, 6.07) is 6.20. The Kier molecular flexibility index (Phi) is 2.78. The number of fused-ring (bicyclic) bond motifs is 1. The number of nitrogens with one attached hydrogen (secondary N) is 1. The first-order valence-corrected chi connectivity index (χ1v) is 6.08. The lowest BCUT2D eigenvalue weighted by Gasteiger charge is -2.23. The first-order valence-electron chi connectivity index (χ1n) is 5.70. The Balaban J connectivity index is 2.03. The van der Waals surface area contributed by atoms with Crippen molar-refractivity contribution in [1.82, 2.24) is 15.1 Å². The van der Waals surface area contributed by atoms with Crippen molar-refractivity contribution in [2.45, 2.75) is 6.10 Å². The van der Waals surface area contributed by atoms with E-state index >= 15 is 0 Å². The van der Waals surface area contributed by atoms with Crippen molar-refractivity contribution in [2.24, 2.45) is 7.05 Å². The highest BCUT2D eigenvalue weighted by Crippen LogP contribution is 2.27. The van der Waals surface area contributed by atoms with Gasteiger partial charge in [-0.15, -0.1) is 0 Å². The van der Waals surface area contributed by atoms with Crippen LogP contribution >= 0.6 is 11.6 Å². The van der Waals surface area contributed by atoms with Crippen LogP contribution in [-0.2, 0) is 11.8 Å². The van der Waals surface area contributed by atoms with Crippen molar-refractivity contribution in [3.05, 3.63) is 28.9 Å². The fourth-order valence-corrected chi connectivity index (χ4v) is 2.49. The minimum absolute atomic E-state index is 0.115. The van der Waals surface area contributed by atoms with Crippen LogP contribution < -0.4 is 5.32 Å². The summed E-state index contributed by atoms with van der Waals surface area (Å²) in [6.07, 6.45) is 0.115. The standard InChI is InChI=1S/C12H14ClN3O/c1-16-10-3-2-8(6-9(10)12(13)15-16)11-7-14-4-5-17-11/h2-3,6,11,14H,4-5,7H2,1H3. The van der Waals surface area contributed by atoms with Crippen molar-refractivity contribution in [2.75, 3.05) is 19.7 Å². The Labute approximate surface area is 105 Å². The van der Waals surface area contributed by atoms with E-state index in [2.05, 4.69) is 22.5 Å². The minimum Gasteiger partial charge on any atom is -0.371 e. The number of halogens is 1. The predicted molar refractivity (Wildman–Crippen MR) is 67.3 cm³/mol. The van der Waals surface area contributed by atoms with Gasteiger partial charge < -0.3 is 10.1 Å². The summed E-state index contributed by atoms with van der Waals surface area (Å²) in [5.74, 6) is 0. The zero-order valence-corrected chi connectivity index (χ0v) is 10.4. The highest BCUT2D eigenvalue weighted by atomic mass is 35.5. The van der Waals surface area contributed by atoms with Crippen LogP contribution in [0, 0.1) is 0 Å². The molecule has 1 N–H and O–H groups in total. The van der Waals surface area contributed by atoms with Crippen LogP contribution in [0.4, 0.5) is 0 Å². The molecular formula is C12H14ClN3O. The molecule has 0 saturated carbocycles. The maximum atomic E-state index is 6.10. The third-order valence-electron chi connectivity index (χ3n) is 3.13. The lowest BCUT2D eigenvalue weighted by molar-refractivity contribution is 0.0278. The SMILES string of the molecule is Cn1nc(Cl)c2cc(C3CNCCO3)ccc21. The molecule has 1 fully saturated rings. The van der Waals surface area contributed by atoms with E-state index < -0.39 is 0 Å². The summed E-state index contributed by atoms with van der Waals surface area (Å²) in [7, 11) is 1.90. The molecule has 1 aromatic carbocycles. The minimum atomic E-state index is 0.115. The van der Waals surface area contributed by atoms with Crippen LogP contribution in [0.5, 0.6) is 0 Å². The number of morpholine rings is 1. The largest absolute Gasteiger partial charge is 0.371 e. The van der Waals surface area contributed by atoms with Gasteiger partial charge >= 0.3 is 0 Å². The third-order valence-corrected chi connectivity index (χ3v) is 3.41. The van der Waals surface area contributed by atoms with Gasteiger partial charge in [-0.2, -0.15) is 5.10 Å². The Bertz CT molecular complexity index is 546. The van der Waals surface area contributed by atoms with E-state index in [1.807, 2.05) is 13.1 Å². The van der Waals surface area contributed by atoms with Gasteiger partial charge in [0.1, 0.15) is 0 Å². The van der Waals surface area contributed by atoms with Gasteiger partial charge in [-0.1, -0.05) is 17.7 Å². The predicted octanol–water partition coefficient (Wildman–Crippen LogP) is 1.89. The molecule has 1 aliphatic rings. The van der Waals surface area contributed by atoms with Crippen molar-refractivity contribution in [1.29, 1.82) is 0 Å². The average molecular weight is 252 g/mol. The quantitative estimate of drug-likeness (QED) is 0.841. The highest BCUT2D eigenvalue weighted by Gasteiger charge is 2.17. The fourth-order valence-electron chi connectivity index (χ4n) is 2.22. The summed E-state index contributed by atoms with van der Waals surface area (Å²) in [6.45, 7) is 2.53. The first kappa shape index (κ1) is 11.0. The molecule has 1 aromatic heterocycles. The molecule has 1 atom stereocenters. The molecule has 0 aliphatic carbocycles. The topological polar surface area (TPSA) is 39.1 Å². The van der Waals surface area contributed by atoms with Crippen molar-refractivity contribution >= 4 is 22.5 Å². The van der Waals surface area contributed by atoms with Crippen LogP contribution in [0.3, 0.4) is 0 Å². The second-order valence-electron chi connectivity index (χ2n) is 4.25. The van der Waals surface area contributed by atoms with E-state index in [1.54, 1.807) is 4.68 Å². The molecule has 4 nitrogen and oxygen atoms in total. The molecule has 3 rings (SSSR count). The number of rotatable bonds is 1. The van der Waals surface area contributed by atoms with Crippen LogP contribution in [0.15, 0.2) is 18.2 Å². The van der Waals surface area contributed by atoms with Crippen LogP contribution in [0.25, 0.3) is 10.9 Å². The fraction of sp³-hybridized carbons (Fsp3) is 0.417. The number of nitrogens with zero attached hydrogens (tertiary/aromatic N) is 2. The van der Waals surface area contributed by atoms with Gasteiger partial charge in [0.05, 0.1) is 18.2 Å². The molecule has 5 heteroatoms. The second kappa shape index (κ2) is 4.29. The number of benzene rings is 1. The molecule has 1 aliphatic heterocycles. The highest BCUT2D eigenvalue weighted by molar-refractivity contribution is 6.34. The van der Waals surface area contributed by atoms with E-state index in [0.29, 0.717) is 5.15 Å². The van der Waals surface area contributed by atoms with Gasteiger partial charge in [0.15, 0.2) is 5.15 Å². The summed E-state index contributed by atoms with van der Waals surface area (Å²) in [4.78, 5) is 0. The van der Waals surface area contributed by atoms with Gasteiger partial charge in [0.25, 0.3) is 0 Å². The number of hydrogen-bond acceptors (Lipinski definition) is 3. The monoisotopic (exact) mass is 251 g/mol. The van der Waals surface area contributed by atoms with Crippen molar-refractivity contribution < 1.29 is 4.74 Å². The molecule has 2 heterocycles. The number of aryl methyl sites for hydroxylation is 1. The van der Waals surface area contributed by atoms with Gasteiger partial charge in [0.2, 0.25) is 0 Å². The van der Waals surface area contributed by atoms with E-state index in [1.165, 1.54) is 0 Å². The molecule has 1 unspecified atom stereocenters. The zero-order valence-electron chi connectivity index (χ0n) is 9.61. The summed E-state index contributed by atoms with van der Waals surface area (Å²) < 4.78 is 7.52. The van der Waals surface area contributed by atoms with E-state index in [-0.39, 0.29) is 6.10 Å². The molecule has 0 radical (unpaired) electrons. The zero-order chi connectivity index (χ0) is 11.8. The summed E-state index contributed by atoms with van der Waals surface area (Å²) in [5, 5.41) is 9.06. The Hall–Kier alpha value is -1.10. The molecule has 17 heavy (non-hydrogen) atoms. The average Bonchev–Trinajstić information content (AvgIpc) is 2.66. The second-order valence-corrected chi connectivity index (χ2v) is 4.61. The Morgan fingerprint density at radius 2 is 2.41 bits per heavy atom. The van der Waals surface area contributed by atoms with Gasteiger partial charge in [0, 0.05) is 25.5 Å². The first-order chi connectivity index (χ1) is 8.25. The molecule has 2 aromatic rings. The lowest BCUT2D eigenvalue weighted by Crippen LogP contribution is -2.33. The number of ether oxygens (including phenoxy) is 1. The smallest absolute Gasteiger partial charge is 0.158 e. The Morgan fingerprint density at radius 1 is 1.53 bits per heavy atom. The van der Waals surface area contributed by atoms with Gasteiger partial charge in [-0.3, -0.25) is 4.68 Å². The molecule has 0 spiro atoms. The molecule has 1 saturated heterocycles. The maximum absolute atomic E-state index is 6.10. The molecule has 90 valence electrons. The van der Waals surface area contributed by atoms with Crippen LogP contribution in [-0.4, -0.2) is 29.5 Å². The maximum Gasteiger partial charge on any atom is 0.158 e. The molecular weight excluding hydrogens is 238 g/mol. The number of aromatic nitrogens is 2. The third kappa shape index (κ3) is 1.92. The van der Waals surface area contributed by atoms with Crippen molar-refractivity contribution in [3.63, 3.8) is 0 Å². The van der Waals surface area contributed by atoms with Gasteiger partial charge in [-0.05, 0) is 17.7 Å². The molecule has 0 amide bonds.